The van der Waals surface area contributed by atoms with Gasteiger partial charge >= 0.3 is 5.69 Å². The standard InChI is InChI=1S/C26H23N5O2/c1-33-22-14-8-13-21(15-22)31-24-23(30(26(31)32)18-20-11-6-3-7-12-20)17-28-25(29-24)27-16-19-9-4-2-5-10-19/h2-15,17H,16,18H2,1H3,(H,27,28,29). The molecule has 5 aromatic rings. The molecule has 2 aromatic heterocycles. The van der Waals surface area contributed by atoms with Crippen LogP contribution in [0.25, 0.3) is 16.9 Å². The fraction of sp³-hybridized carbons (Fsp3) is 0.115. The molecule has 7 heteroatoms. The topological polar surface area (TPSA) is 74.0 Å². The molecule has 0 fully saturated rings. The summed E-state index contributed by atoms with van der Waals surface area (Å²) in [5.41, 5.74) is 3.84. The van der Waals surface area contributed by atoms with Crippen molar-refractivity contribution in [1.29, 1.82) is 0 Å². The first-order valence-electron chi connectivity index (χ1n) is 10.7. The van der Waals surface area contributed by atoms with E-state index in [1.165, 1.54) is 0 Å². The molecule has 0 atom stereocenters. The van der Waals surface area contributed by atoms with Crippen LogP contribution in [0.1, 0.15) is 11.1 Å². The number of rotatable bonds is 7. The summed E-state index contributed by atoms with van der Waals surface area (Å²) in [6.07, 6.45) is 1.71. The molecule has 0 aliphatic carbocycles. The van der Waals surface area contributed by atoms with Crippen molar-refractivity contribution >= 4 is 17.1 Å². The Morgan fingerprint density at radius 3 is 2.36 bits per heavy atom. The van der Waals surface area contributed by atoms with Crippen LogP contribution >= 0.6 is 0 Å². The summed E-state index contributed by atoms with van der Waals surface area (Å²) >= 11 is 0. The zero-order chi connectivity index (χ0) is 22.6. The first-order valence-corrected chi connectivity index (χ1v) is 10.7. The second-order valence-corrected chi connectivity index (χ2v) is 7.63. The Labute approximate surface area is 190 Å². The van der Waals surface area contributed by atoms with Crippen LogP contribution in [0.4, 0.5) is 5.95 Å². The number of anilines is 1. The van der Waals surface area contributed by atoms with Gasteiger partial charge in [0.2, 0.25) is 5.95 Å². The van der Waals surface area contributed by atoms with Gasteiger partial charge in [0.05, 0.1) is 25.5 Å². The van der Waals surface area contributed by atoms with Crippen molar-refractivity contribution in [2.45, 2.75) is 13.1 Å². The third-order valence-corrected chi connectivity index (χ3v) is 5.46. The maximum Gasteiger partial charge on any atom is 0.335 e. The van der Waals surface area contributed by atoms with Crippen molar-refractivity contribution in [3.05, 3.63) is 113 Å². The van der Waals surface area contributed by atoms with Crippen LogP contribution in [0.5, 0.6) is 5.75 Å². The Morgan fingerprint density at radius 2 is 1.64 bits per heavy atom. The highest BCUT2D eigenvalue weighted by atomic mass is 16.5. The van der Waals surface area contributed by atoms with Crippen LogP contribution in [0.3, 0.4) is 0 Å². The molecular formula is C26H23N5O2. The molecule has 0 aliphatic rings. The van der Waals surface area contributed by atoms with E-state index >= 15 is 0 Å². The van der Waals surface area contributed by atoms with Gasteiger partial charge in [0, 0.05) is 12.6 Å². The van der Waals surface area contributed by atoms with Crippen molar-refractivity contribution in [2.24, 2.45) is 0 Å². The molecule has 3 aromatic carbocycles. The van der Waals surface area contributed by atoms with Crippen LogP contribution in [0, 0.1) is 0 Å². The van der Waals surface area contributed by atoms with Crippen LogP contribution in [0.15, 0.2) is 95.9 Å². The summed E-state index contributed by atoms with van der Waals surface area (Å²) in [5, 5.41) is 3.26. The van der Waals surface area contributed by atoms with Gasteiger partial charge in [-0.1, -0.05) is 66.7 Å². The molecule has 0 saturated heterocycles. The van der Waals surface area contributed by atoms with Crippen molar-refractivity contribution in [1.82, 2.24) is 19.1 Å². The lowest BCUT2D eigenvalue weighted by atomic mass is 10.2. The maximum atomic E-state index is 13.6. The van der Waals surface area contributed by atoms with E-state index in [1.807, 2.05) is 84.9 Å². The Balaban J connectivity index is 1.61. The molecular weight excluding hydrogens is 414 g/mol. The second kappa shape index (κ2) is 9.00. The molecule has 164 valence electrons. The minimum absolute atomic E-state index is 0.184. The lowest BCUT2D eigenvalue weighted by Crippen LogP contribution is -2.23. The van der Waals surface area contributed by atoms with Crippen molar-refractivity contribution in [3.63, 3.8) is 0 Å². The summed E-state index contributed by atoms with van der Waals surface area (Å²) in [6, 6.07) is 27.3. The highest BCUT2D eigenvalue weighted by Crippen LogP contribution is 2.21. The van der Waals surface area contributed by atoms with E-state index in [1.54, 1.807) is 22.4 Å². The van der Waals surface area contributed by atoms with Crippen molar-refractivity contribution in [3.8, 4) is 11.4 Å². The molecule has 0 spiro atoms. The monoisotopic (exact) mass is 437 g/mol. The van der Waals surface area contributed by atoms with E-state index in [9.17, 15) is 4.79 Å². The van der Waals surface area contributed by atoms with E-state index in [4.69, 9.17) is 9.72 Å². The number of benzene rings is 3. The molecule has 1 N–H and O–H groups in total. The number of ether oxygens (including phenoxy) is 1. The number of aromatic nitrogens is 4. The smallest absolute Gasteiger partial charge is 0.335 e. The first-order chi connectivity index (χ1) is 16.2. The Kier molecular flexibility index (Phi) is 5.59. The van der Waals surface area contributed by atoms with Crippen LogP contribution in [-0.4, -0.2) is 26.2 Å². The molecule has 0 aliphatic heterocycles. The van der Waals surface area contributed by atoms with Crippen LogP contribution in [-0.2, 0) is 13.1 Å². The average molecular weight is 438 g/mol. The first kappa shape index (κ1) is 20.5. The summed E-state index contributed by atoms with van der Waals surface area (Å²) < 4.78 is 8.68. The molecule has 5 rings (SSSR count). The predicted octanol–water partition coefficient (Wildman–Crippen LogP) is 4.25. The normalized spacial score (nSPS) is 10.9. The zero-order valence-electron chi connectivity index (χ0n) is 18.2. The lowest BCUT2D eigenvalue weighted by molar-refractivity contribution is 0.414. The number of hydrogen-bond acceptors (Lipinski definition) is 5. The molecule has 0 bridgehead atoms. The van der Waals surface area contributed by atoms with Crippen molar-refractivity contribution < 1.29 is 4.74 Å². The quantitative estimate of drug-likeness (QED) is 0.412. The molecule has 0 saturated carbocycles. The Hall–Kier alpha value is -4.39. The Bertz CT molecular complexity index is 1440. The van der Waals surface area contributed by atoms with Gasteiger partial charge in [0.15, 0.2) is 5.65 Å². The van der Waals surface area contributed by atoms with Gasteiger partial charge in [0.1, 0.15) is 11.3 Å². The summed E-state index contributed by atoms with van der Waals surface area (Å²) in [6.45, 7) is 1.01. The SMILES string of the molecule is COc1cccc(-n2c(=O)n(Cc3ccccc3)c3cnc(NCc4ccccc4)nc32)c1. The predicted molar refractivity (Wildman–Crippen MR) is 129 cm³/mol. The zero-order valence-corrected chi connectivity index (χ0v) is 18.2. The van der Waals surface area contributed by atoms with Crippen LogP contribution < -0.4 is 15.7 Å². The molecule has 0 unspecified atom stereocenters. The van der Waals surface area contributed by atoms with E-state index < -0.39 is 0 Å². The van der Waals surface area contributed by atoms with Gasteiger partial charge in [-0.25, -0.2) is 14.3 Å². The molecule has 2 heterocycles. The molecule has 0 radical (unpaired) electrons. The summed E-state index contributed by atoms with van der Waals surface area (Å²) in [4.78, 5) is 22.8. The number of imidazole rings is 1. The summed E-state index contributed by atoms with van der Waals surface area (Å²) in [5.74, 6) is 1.12. The summed E-state index contributed by atoms with van der Waals surface area (Å²) in [7, 11) is 1.61. The number of hydrogen-bond donors (Lipinski definition) is 1. The van der Waals surface area contributed by atoms with E-state index in [0.717, 1.165) is 11.1 Å². The average Bonchev–Trinajstić information content (AvgIpc) is 3.14. The fourth-order valence-electron chi connectivity index (χ4n) is 3.80. The van der Waals surface area contributed by atoms with E-state index in [0.29, 0.717) is 41.6 Å². The Morgan fingerprint density at radius 1 is 0.909 bits per heavy atom. The minimum Gasteiger partial charge on any atom is -0.497 e. The van der Waals surface area contributed by atoms with Crippen molar-refractivity contribution in [2.75, 3.05) is 12.4 Å². The highest BCUT2D eigenvalue weighted by Gasteiger charge is 2.18. The molecule has 0 amide bonds. The van der Waals surface area contributed by atoms with E-state index in [2.05, 4.69) is 10.3 Å². The number of methoxy groups -OCH3 is 1. The van der Waals surface area contributed by atoms with Crippen LogP contribution in [0.2, 0.25) is 0 Å². The minimum atomic E-state index is -0.184. The van der Waals surface area contributed by atoms with Gasteiger partial charge in [-0.3, -0.25) is 4.57 Å². The van der Waals surface area contributed by atoms with Gasteiger partial charge in [-0.05, 0) is 23.3 Å². The van der Waals surface area contributed by atoms with Gasteiger partial charge in [-0.2, -0.15) is 4.98 Å². The number of nitrogens with one attached hydrogen (secondary N) is 1. The third-order valence-electron chi connectivity index (χ3n) is 5.46. The molecule has 33 heavy (non-hydrogen) atoms. The number of fused-ring (bicyclic) bond motifs is 1. The number of nitrogens with zero attached hydrogens (tertiary/aromatic N) is 4. The van der Waals surface area contributed by atoms with Gasteiger partial charge in [0.25, 0.3) is 0 Å². The highest BCUT2D eigenvalue weighted by molar-refractivity contribution is 5.74. The lowest BCUT2D eigenvalue weighted by Gasteiger charge is -2.07. The largest absolute Gasteiger partial charge is 0.497 e. The fourth-order valence-corrected chi connectivity index (χ4v) is 3.80. The maximum absolute atomic E-state index is 13.6. The van der Waals surface area contributed by atoms with E-state index in [-0.39, 0.29) is 5.69 Å². The van der Waals surface area contributed by atoms with Gasteiger partial charge < -0.3 is 10.1 Å². The van der Waals surface area contributed by atoms with Gasteiger partial charge in [-0.15, -0.1) is 0 Å². The third kappa shape index (κ3) is 4.21. The molecule has 7 nitrogen and oxygen atoms in total. The second-order valence-electron chi connectivity index (χ2n) is 7.63.